The molecule has 128 valence electrons. The van der Waals surface area contributed by atoms with E-state index in [0.717, 1.165) is 31.3 Å². The second-order valence-electron chi connectivity index (χ2n) is 5.90. The van der Waals surface area contributed by atoms with Gasteiger partial charge in [-0.15, -0.1) is 5.10 Å². The van der Waals surface area contributed by atoms with Crippen LogP contribution in [0.25, 0.3) is 0 Å². The first-order chi connectivity index (χ1) is 11.5. The van der Waals surface area contributed by atoms with Crippen molar-refractivity contribution in [3.63, 3.8) is 0 Å². The molecule has 2 heterocycles. The monoisotopic (exact) mass is 336 g/mol. The first-order valence-corrected chi connectivity index (χ1v) is 7.95. The molecule has 24 heavy (non-hydrogen) atoms. The lowest BCUT2D eigenvalue weighted by Gasteiger charge is -2.34. The molecule has 7 heteroatoms. The van der Waals surface area contributed by atoms with Gasteiger partial charge in [0.15, 0.2) is 5.82 Å². The smallest absolute Gasteiger partial charge is 0.354 e. The minimum atomic E-state index is -4.32. The van der Waals surface area contributed by atoms with Crippen LogP contribution in [0.2, 0.25) is 0 Å². The zero-order valence-electron chi connectivity index (χ0n) is 13.1. The van der Waals surface area contributed by atoms with Gasteiger partial charge in [-0.05, 0) is 36.6 Å². The third-order valence-corrected chi connectivity index (χ3v) is 4.21. The zero-order valence-corrected chi connectivity index (χ0v) is 13.1. The van der Waals surface area contributed by atoms with E-state index in [-0.39, 0.29) is 18.2 Å². The van der Waals surface area contributed by atoms with Crippen LogP contribution in [-0.4, -0.2) is 29.3 Å². The number of aromatic nitrogens is 2. The van der Waals surface area contributed by atoms with Crippen molar-refractivity contribution in [3.8, 4) is 0 Å². The lowest BCUT2D eigenvalue weighted by Crippen LogP contribution is -2.46. The Labute approximate surface area is 138 Å². The summed E-state index contributed by atoms with van der Waals surface area (Å²) in [4.78, 5) is 2.11. The fourth-order valence-corrected chi connectivity index (χ4v) is 3.02. The van der Waals surface area contributed by atoms with Crippen molar-refractivity contribution in [1.82, 2.24) is 15.5 Å². The zero-order chi connectivity index (χ0) is 17.0. The first-order valence-electron chi connectivity index (χ1n) is 7.95. The van der Waals surface area contributed by atoms with E-state index in [1.54, 1.807) is 12.3 Å². The SMILES string of the molecule is FC(F)(F)c1ccccc1CNC1CCCN(c2cccnn2)C1. The average Bonchev–Trinajstić information content (AvgIpc) is 2.60. The number of benzene rings is 1. The van der Waals surface area contributed by atoms with Crippen molar-refractivity contribution < 1.29 is 13.2 Å². The molecule has 0 saturated carbocycles. The van der Waals surface area contributed by atoms with Gasteiger partial charge in [0.25, 0.3) is 0 Å². The Kier molecular flexibility index (Phi) is 4.99. The standard InChI is InChI=1S/C17H19F3N4/c18-17(19,20)15-7-2-1-5-13(15)11-21-14-6-4-10-24(12-14)16-8-3-9-22-23-16/h1-3,5,7-9,14,21H,4,6,10-12H2. The van der Waals surface area contributed by atoms with E-state index in [1.807, 2.05) is 12.1 Å². The van der Waals surface area contributed by atoms with Gasteiger partial charge in [-0.2, -0.15) is 18.3 Å². The fraction of sp³-hybridized carbons (Fsp3) is 0.412. The van der Waals surface area contributed by atoms with E-state index in [9.17, 15) is 13.2 Å². The van der Waals surface area contributed by atoms with Crippen LogP contribution in [0.5, 0.6) is 0 Å². The summed E-state index contributed by atoms with van der Waals surface area (Å²) in [5.74, 6) is 0.805. The molecule has 1 aliphatic heterocycles. The average molecular weight is 336 g/mol. The number of hydrogen-bond acceptors (Lipinski definition) is 4. The number of anilines is 1. The Morgan fingerprint density at radius 2 is 2.00 bits per heavy atom. The summed E-state index contributed by atoms with van der Waals surface area (Å²) >= 11 is 0. The molecule has 0 spiro atoms. The largest absolute Gasteiger partial charge is 0.416 e. The molecule has 1 saturated heterocycles. The van der Waals surface area contributed by atoms with Gasteiger partial charge in [0.05, 0.1) is 5.56 Å². The van der Waals surface area contributed by atoms with E-state index in [4.69, 9.17) is 0 Å². The van der Waals surface area contributed by atoms with Crippen molar-refractivity contribution in [1.29, 1.82) is 0 Å². The Morgan fingerprint density at radius 3 is 2.75 bits per heavy atom. The quantitative estimate of drug-likeness (QED) is 0.930. The molecule has 0 aliphatic carbocycles. The van der Waals surface area contributed by atoms with E-state index < -0.39 is 11.7 Å². The third kappa shape index (κ3) is 4.03. The highest BCUT2D eigenvalue weighted by atomic mass is 19.4. The summed E-state index contributed by atoms with van der Waals surface area (Å²) in [5.41, 5.74) is -0.291. The molecule has 2 aromatic rings. The van der Waals surface area contributed by atoms with Gasteiger partial charge in [-0.3, -0.25) is 0 Å². The lowest BCUT2D eigenvalue weighted by molar-refractivity contribution is -0.138. The normalized spacial score (nSPS) is 18.6. The third-order valence-electron chi connectivity index (χ3n) is 4.21. The number of nitrogens with one attached hydrogen (secondary N) is 1. The molecule has 1 fully saturated rings. The summed E-state index contributed by atoms with van der Waals surface area (Å²) in [7, 11) is 0. The predicted molar refractivity (Wildman–Crippen MR) is 85.6 cm³/mol. The van der Waals surface area contributed by atoms with Crippen LogP contribution in [0.1, 0.15) is 24.0 Å². The minimum Gasteiger partial charge on any atom is -0.354 e. The Bertz CT molecular complexity index is 660. The Balaban J connectivity index is 1.63. The Morgan fingerprint density at radius 1 is 1.17 bits per heavy atom. The molecule has 1 atom stereocenters. The number of nitrogens with zero attached hydrogens (tertiary/aromatic N) is 3. The molecular formula is C17H19F3N4. The topological polar surface area (TPSA) is 41.0 Å². The maximum atomic E-state index is 13.0. The van der Waals surface area contributed by atoms with E-state index >= 15 is 0 Å². The maximum Gasteiger partial charge on any atom is 0.416 e. The molecule has 1 aromatic heterocycles. The molecule has 0 amide bonds. The van der Waals surface area contributed by atoms with Crippen molar-refractivity contribution >= 4 is 5.82 Å². The van der Waals surface area contributed by atoms with Gasteiger partial charge in [0.2, 0.25) is 0 Å². The summed E-state index contributed by atoms with van der Waals surface area (Å²) < 4.78 is 39.1. The second kappa shape index (κ2) is 7.17. The molecule has 4 nitrogen and oxygen atoms in total. The summed E-state index contributed by atoms with van der Waals surface area (Å²) in [5, 5.41) is 11.2. The maximum absolute atomic E-state index is 13.0. The summed E-state index contributed by atoms with van der Waals surface area (Å²) in [6.45, 7) is 1.80. The van der Waals surface area contributed by atoms with Crippen LogP contribution < -0.4 is 10.2 Å². The number of hydrogen-bond donors (Lipinski definition) is 1. The number of rotatable bonds is 4. The number of halogens is 3. The van der Waals surface area contributed by atoms with E-state index in [1.165, 1.54) is 12.1 Å². The van der Waals surface area contributed by atoms with E-state index in [0.29, 0.717) is 6.54 Å². The lowest BCUT2D eigenvalue weighted by atomic mass is 10.0. The molecule has 3 rings (SSSR count). The van der Waals surface area contributed by atoms with Crippen molar-refractivity contribution in [3.05, 3.63) is 53.7 Å². The number of alkyl halides is 3. The Hall–Kier alpha value is -2.15. The van der Waals surface area contributed by atoms with Gasteiger partial charge in [0, 0.05) is 31.9 Å². The van der Waals surface area contributed by atoms with Gasteiger partial charge in [-0.1, -0.05) is 18.2 Å². The van der Waals surface area contributed by atoms with Gasteiger partial charge >= 0.3 is 6.18 Å². The number of piperidine rings is 1. The highest BCUT2D eigenvalue weighted by Crippen LogP contribution is 2.31. The molecule has 1 aromatic carbocycles. The molecule has 0 radical (unpaired) electrons. The molecule has 1 unspecified atom stereocenters. The van der Waals surface area contributed by atoms with Gasteiger partial charge < -0.3 is 10.2 Å². The predicted octanol–water partition coefficient (Wildman–Crippen LogP) is 3.25. The molecule has 0 bridgehead atoms. The summed E-state index contributed by atoms with van der Waals surface area (Å²) in [6.07, 6.45) is -0.798. The molecular weight excluding hydrogens is 317 g/mol. The molecule has 1 aliphatic rings. The van der Waals surface area contributed by atoms with E-state index in [2.05, 4.69) is 20.4 Å². The highest BCUT2D eigenvalue weighted by molar-refractivity contribution is 5.37. The first kappa shape index (κ1) is 16.7. The van der Waals surface area contributed by atoms with Gasteiger partial charge in [-0.25, -0.2) is 0 Å². The van der Waals surface area contributed by atoms with Crippen molar-refractivity contribution in [2.75, 3.05) is 18.0 Å². The second-order valence-corrected chi connectivity index (χ2v) is 5.90. The highest BCUT2D eigenvalue weighted by Gasteiger charge is 2.33. The van der Waals surface area contributed by atoms with Crippen LogP contribution in [0.15, 0.2) is 42.6 Å². The van der Waals surface area contributed by atoms with Crippen molar-refractivity contribution in [2.45, 2.75) is 31.6 Å². The van der Waals surface area contributed by atoms with Crippen LogP contribution in [0.3, 0.4) is 0 Å². The van der Waals surface area contributed by atoms with Gasteiger partial charge in [0.1, 0.15) is 0 Å². The van der Waals surface area contributed by atoms with Crippen LogP contribution in [-0.2, 0) is 12.7 Å². The minimum absolute atomic E-state index is 0.127. The summed E-state index contributed by atoms with van der Waals surface area (Å²) in [6, 6.07) is 9.57. The van der Waals surface area contributed by atoms with Crippen LogP contribution >= 0.6 is 0 Å². The molecule has 1 N–H and O–H groups in total. The van der Waals surface area contributed by atoms with Crippen LogP contribution in [0.4, 0.5) is 19.0 Å². The fourth-order valence-electron chi connectivity index (χ4n) is 3.02. The van der Waals surface area contributed by atoms with Crippen LogP contribution in [0, 0.1) is 0 Å². The van der Waals surface area contributed by atoms with Crippen molar-refractivity contribution in [2.24, 2.45) is 0 Å².